The number of carbonyl (C=O) groups is 1. The lowest BCUT2D eigenvalue weighted by Gasteiger charge is -2.31. The summed E-state index contributed by atoms with van der Waals surface area (Å²) in [6, 6.07) is 11.2. The lowest BCUT2D eigenvalue weighted by atomic mass is 9.91. The maximum atomic E-state index is 14.3. The van der Waals surface area contributed by atoms with E-state index in [-0.39, 0.29) is 17.1 Å². The molecule has 3 heterocycles. The molecule has 0 saturated heterocycles. The number of hydrogen-bond acceptors (Lipinski definition) is 6. The first-order valence-electron chi connectivity index (χ1n) is 13.4. The summed E-state index contributed by atoms with van der Waals surface area (Å²) in [4.78, 5) is 47.9. The molecule has 1 aliphatic rings. The van der Waals surface area contributed by atoms with Crippen LogP contribution in [0.1, 0.15) is 63.6 Å². The van der Waals surface area contributed by atoms with E-state index < -0.39 is 34.8 Å². The maximum absolute atomic E-state index is 14.3. The van der Waals surface area contributed by atoms with Gasteiger partial charge in [0.05, 0.1) is 17.3 Å². The molecule has 10 heteroatoms. The number of pyridine rings is 2. The second-order valence-corrected chi connectivity index (χ2v) is 11.0. The molecule has 0 bridgehead atoms. The molecular weight excluding hydrogens is 525 g/mol. The molecule has 0 unspecified atom stereocenters. The van der Waals surface area contributed by atoms with Crippen molar-refractivity contribution >= 4 is 17.1 Å². The fourth-order valence-electron chi connectivity index (χ4n) is 4.99. The van der Waals surface area contributed by atoms with E-state index in [1.54, 1.807) is 57.4 Å². The molecule has 0 aliphatic heterocycles. The highest BCUT2D eigenvalue weighted by molar-refractivity contribution is 5.75. The number of aromatic nitrogens is 4. The van der Waals surface area contributed by atoms with Gasteiger partial charge in [0.15, 0.2) is 5.65 Å². The zero-order valence-corrected chi connectivity index (χ0v) is 23.1. The fourth-order valence-corrected chi connectivity index (χ4v) is 4.99. The molecule has 0 radical (unpaired) electrons. The first-order valence-corrected chi connectivity index (χ1v) is 13.4. The van der Waals surface area contributed by atoms with Crippen molar-refractivity contribution in [1.29, 1.82) is 0 Å². The van der Waals surface area contributed by atoms with E-state index in [9.17, 15) is 18.8 Å². The molecule has 5 rings (SSSR count). The quantitative estimate of drug-likeness (QED) is 0.373. The molecular formula is C31H30FN5O4. The summed E-state index contributed by atoms with van der Waals surface area (Å²) in [6.07, 6.45) is 5.85. The summed E-state index contributed by atoms with van der Waals surface area (Å²) in [7, 11) is 0. The molecule has 1 N–H and O–H groups in total. The Labute approximate surface area is 236 Å². The Kier molecular flexibility index (Phi) is 7.70. The number of halogens is 1. The normalized spacial score (nSPS) is 17.0. The van der Waals surface area contributed by atoms with E-state index in [1.165, 1.54) is 9.13 Å². The van der Waals surface area contributed by atoms with Crippen molar-refractivity contribution in [3.8, 4) is 17.5 Å². The summed E-state index contributed by atoms with van der Waals surface area (Å²) in [5.74, 6) is 5.44. The van der Waals surface area contributed by atoms with E-state index in [2.05, 4.69) is 27.1 Å². The number of benzene rings is 1. The van der Waals surface area contributed by atoms with E-state index in [1.807, 2.05) is 12.1 Å². The van der Waals surface area contributed by atoms with Gasteiger partial charge in [0.1, 0.15) is 11.4 Å². The average Bonchev–Trinajstić information content (AvgIpc) is 2.93. The van der Waals surface area contributed by atoms with Gasteiger partial charge in [0.2, 0.25) is 0 Å². The van der Waals surface area contributed by atoms with Crippen LogP contribution in [0.15, 0.2) is 70.6 Å². The molecule has 1 saturated carbocycles. The smallest absolute Gasteiger partial charge is 0.407 e. The Hall–Kier alpha value is -4.78. The van der Waals surface area contributed by atoms with Crippen LogP contribution in [0.4, 0.5) is 9.18 Å². The lowest BCUT2D eigenvalue weighted by molar-refractivity contribution is 0.0487. The van der Waals surface area contributed by atoms with Gasteiger partial charge in [0, 0.05) is 35.6 Å². The number of nitrogens with zero attached hydrogens (tertiary/aromatic N) is 4. The second kappa shape index (κ2) is 11.4. The first kappa shape index (κ1) is 27.8. The standard InChI is InChI=1S/C31H30FN5O4/c1-31(2,3)41-29(39)35-23-11-13-24(14-12-23)37-28(38)26-17-22(32)19-34-27(26)36(30(37)40)25-8-4-6-20(16-25)9-10-21-7-5-15-33-18-21/h4-8,15-19,23-24H,11-14H2,1-3H3,(H,35,39). The van der Waals surface area contributed by atoms with Crippen LogP contribution in [0.3, 0.4) is 0 Å². The number of hydrogen-bond donors (Lipinski definition) is 1. The molecule has 41 heavy (non-hydrogen) atoms. The van der Waals surface area contributed by atoms with Gasteiger partial charge >= 0.3 is 11.8 Å². The molecule has 1 aliphatic carbocycles. The highest BCUT2D eigenvalue weighted by atomic mass is 19.1. The summed E-state index contributed by atoms with van der Waals surface area (Å²) >= 11 is 0. The van der Waals surface area contributed by atoms with Crippen LogP contribution in [0, 0.1) is 17.7 Å². The predicted octanol–water partition coefficient (Wildman–Crippen LogP) is 4.49. The third kappa shape index (κ3) is 6.35. The molecule has 1 aromatic carbocycles. The Balaban J connectivity index is 1.50. The van der Waals surface area contributed by atoms with Crippen LogP contribution in [0.25, 0.3) is 16.7 Å². The van der Waals surface area contributed by atoms with Crippen LogP contribution >= 0.6 is 0 Å². The molecule has 4 aromatic rings. The molecule has 1 amide bonds. The monoisotopic (exact) mass is 555 g/mol. The van der Waals surface area contributed by atoms with E-state index in [0.717, 1.165) is 17.8 Å². The van der Waals surface area contributed by atoms with Gasteiger partial charge in [-0.05, 0) is 82.9 Å². The molecule has 0 atom stereocenters. The van der Waals surface area contributed by atoms with Crippen LogP contribution in [0.5, 0.6) is 0 Å². The minimum Gasteiger partial charge on any atom is -0.444 e. The number of nitrogens with one attached hydrogen (secondary N) is 1. The van der Waals surface area contributed by atoms with Crippen molar-refractivity contribution in [2.75, 3.05) is 0 Å². The van der Waals surface area contributed by atoms with Gasteiger partial charge in [-0.2, -0.15) is 0 Å². The minimum absolute atomic E-state index is 0.00505. The number of fused-ring (bicyclic) bond motifs is 1. The molecule has 1 fully saturated rings. The summed E-state index contributed by atoms with van der Waals surface area (Å²) in [6.45, 7) is 5.38. The Morgan fingerprint density at radius 3 is 2.46 bits per heavy atom. The van der Waals surface area contributed by atoms with Gasteiger partial charge in [-0.1, -0.05) is 17.9 Å². The molecule has 0 spiro atoms. The van der Waals surface area contributed by atoms with Crippen molar-refractivity contribution in [2.24, 2.45) is 0 Å². The first-order chi connectivity index (χ1) is 19.6. The summed E-state index contributed by atoms with van der Waals surface area (Å²) in [5, 5.41) is 2.88. The van der Waals surface area contributed by atoms with E-state index >= 15 is 0 Å². The fraction of sp³-hybridized carbons (Fsp3) is 0.323. The number of rotatable bonds is 3. The largest absolute Gasteiger partial charge is 0.444 e. The molecule has 210 valence electrons. The molecule has 9 nitrogen and oxygen atoms in total. The van der Waals surface area contributed by atoms with Crippen molar-refractivity contribution in [3.05, 3.63) is 98.8 Å². The predicted molar refractivity (Wildman–Crippen MR) is 152 cm³/mol. The van der Waals surface area contributed by atoms with Gasteiger partial charge in [-0.25, -0.2) is 23.5 Å². The van der Waals surface area contributed by atoms with Crippen molar-refractivity contribution in [2.45, 2.75) is 64.1 Å². The highest BCUT2D eigenvalue weighted by Gasteiger charge is 2.29. The zero-order chi connectivity index (χ0) is 29.1. The van der Waals surface area contributed by atoms with Crippen LogP contribution < -0.4 is 16.6 Å². The SMILES string of the molecule is CC(C)(C)OC(=O)NC1CCC(n2c(=O)c3cc(F)cnc3n(-c3cccc(C#Cc4cccnc4)c3)c2=O)CC1. The lowest BCUT2D eigenvalue weighted by Crippen LogP contribution is -2.45. The summed E-state index contributed by atoms with van der Waals surface area (Å²) in [5.41, 5.74) is 0.117. The van der Waals surface area contributed by atoms with Gasteiger partial charge in [-0.15, -0.1) is 0 Å². The average molecular weight is 556 g/mol. The van der Waals surface area contributed by atoms with Crippen LogP contribution in [0.2, 0.25) is 0 Å². The molecule has 3 aromatic heterocycles. The second-order valence-electron chi connectivity index (χ2n) is 11.0. The summed E-state index contributed by atoms with van der Waals surface area (Å²) < 4.78 is 22.1. The highest BCUT2D eigenvalue weighted by Crippen LogP contribution is 2.28. The van der Waals surface area contributed by atoms with Crippen molar-refractivity contribution < 1.29 is 13.9 Å². The topological polar surface area (TPSA) is 108 Å². The Morgan fingerprint density at radius 2 is 1.76 bits per heavy atom. The van der Waals surface area contributed by atoms with Gasteiger partial charge in [0.25, 0.3) is 5.56 Å². The van der Waals surface area contributed by atoms with Gasteiger partial charge < -0.3 is 10.1 Å². The van der Waals surface area contributed by atoms with Crippen molar-refractivity contribution in [3.63, 3.8) is 0 Å². The number of carbonyl (C=O) groups excluding carboxylic acids is 1. The van der Waals surface area contributed by atoms with Crippen LogP contribution in [-0.2, 0) is 4.74 Å². The Morgan fingerprint density at radius 1 is 1.02 bits per heavy atom. The van der Waals surface area contributed by atoms with E-state index in [4.69, 9.17) is 4.74 Å². The van der Waals surface area contributed by atoms with Crippen LogP contribution in [-0.4, -0.2) is 36.8 Å². The number of ether oxygens (including phenoxy) is 1. The zero-order valence-electron chi connectivity index (χ0n) is 23.1. The minimum atomic E-state index is -0.673. The van der Waals surface area contributed by atoms with Crippen molar-refractivity contribution in [1.82, 2.24) is 24.4 Å². The number of amides is 1. The Bertz CT molecular complexity index is 1770. The van der Waals surface area contributed by atoms with E-state index in [0.29, 0.717) is 36.9 Å². The van der Waals surface area contributed by atoms with Gasteiger partial charge in [-0.3, -0.25) is 14.3 Å². The third-order valence-corrected chi connectivity index (χ3v) is 6.79. The third-order valence-electron chi connectivity index (χ3n) is 6.79. The number of alkyl carbamates (subject to hydrolysis) is 1. The maximum Gasteiger partial charge on any atom is 0.407 e.